The molecule has 1 aliphatic heterocycles. The molecule has 1 aliphatic rings. The molecule has 1 N–H and O–H groups in total. The predicted octanol–water partition coefficient (Wildman–Crippen LogP) is 4.41. The molecule has 1 heterocycles. The van der Waals surface area contributed by atoms with Crippen molar-refractivity contribution in [3.63, 3.8) is 0 Å². The first-order chi connectivity index (χ1) is 16.2. The molecule has 6 nitrogen and oxygen atoms in total. The quantitative estimate of drug-likeness (QED) is 0.618. The lowest BCUT2D eigenvalue weighted by Crippen LogP contribution is -2.44. The summed E-state index contributed by atoms with van der Waals surface area (Å²) in [5.74, 6) is 0.473. The number of nitriles is 2. The molecule has 0 spiro atoms. The summed E-state index contributed by atoms with van der Waals surface area (Å²) in [6.45, 7) is 1.96. The minimum absolute atomic E-state index is 0.110. The second-order valence-electron chi connectivity index (χ2n) is 7.98. The fraction of sp³-hybridized carbons (Fsp3) is 0.222. The minimum atomic E-state index is -0.116. The first-order valence-corrected chi connectivity index (χ1v) is 10.9. The highest BCUT2D eigenvalue weighted by Gasteiger charge is 2.21. The molecule has 1 saturated heterocycles. The number of hydrogen-bond donors (Lipinski definition) is 1. The first kappa shape index (κ1) is 21.9. The Balaban J connectivity index is 1.31. The van der Waals surface area contributed by atoms with Gasteiger partial charge in [0.25, 0.3) is 5.91 Å². The lowest BCUT2D eigenvalue weighted by molar-refractivity contribution is 0.0930. The van der Waals surface area contributed by atoms with Crippen molar-refractivity contribution < 1.29 is 9.53 Å². The Bertz CT molecular complexity index is 1200. The molecule has 0 atom stereocenters. The van der Waals surface area contributed by atoms with E-state index in [1.54, 1.807) is 24.3 Å². The number of rotatable bonds is 6. The van der Waals surface area contributed by atoms with Crippen molar-refractivity contribution in [3.05, 3.63) is 95.1 Å². The SMILES string of the molecule is N#Cc1ccc(N2CCC(NC(=O)c3cccc(OCc4ccccc4C#N)c3)CC2)cc1. The van der Waals surface area contributed by atoms with Crippen LogP contribution in [0.5, 0.6) is 5.75 Å². The van der Waals surface area contributed by atoms with Crippen LogP contribution < -0.4 is 15.0 Å². The van der Waals surface area contributed by atoms with Crippen LogP contribution in [-0.4, -0.2) is 25.0 Å². The molecule has 0 saturated carbocycles. The van der Waals surface area contributed by atoms with Crippen molar-refractivity contribution in [2.24, 2.45) is 0 Å². The number of nitrogens with one attached hydrogen (secondary N) is 1. The third-order valence-electron chi connectivity index (χ3n) is 5.82. The third kappa shape index (κ3) is 5.50. The van der Waals surface area contributed by atoms with Crippen LogP contribution in [0, 0.1) is 22.7 Å². The van der Waals surface area contributed by atoms with E-state index in [1.807, 2.05) is 48.5 Å². The highest BCUT2D eigenvalue weighted by Crippen LogP contribution is 2.21. The van der Waals surface area contributed by atoms with Crippen LogP contribution in [-0.2, 0) is 6.61 Å². The van der Waals surface area contributed by atoms with Gasteiger partial charge in [-0.1, -0.05) is 24.3 Å². The number of piperidine rings is 1. The van der Waals surface area contributed by atoms with Crippen molar-refractivity contribution in [2.45, 2.75) is 25.5 Å². The Labute approximate surface area is 193 Å². The lowest BCUT2D eigenvalue weighted by Gasteiger charge is -2.34. The molecule has 1 amide bonds. The van der Waals surface area contributed by atoms with Gasteiger partial charge in [-0.2, -0.15) is 10.5 Å². The van der Waals surface area contributed by atoms with Crippen molar-refractivity contribution in [3.8, 4) is 17.9 Å². The van der Waals surface area contributed by atoms with Gasteiger partial charge in [-0.05, 0) is 61.4 Å². The van der Waals surface area contributed by atoms with E-state index < -0.39 is 0 Å². The van der Waals surface area contributed by atoms with Gasteiger partial charge in [-0.25, -0.2) is 0 Å². The molecule has 0 unspecified atom stereocenters. The third-order valence-corrected chi connectivity index (χ3v) is 5.82. The summed E-state index contributed by atoms with van der Waals surface area (Å²) in [5, 5.41) is 21.3. The van der Waals surface area contributed by atoms with Gasteiger partial charge < -0.3 is 15.0 Å². The van der Waals surface area contributed by atoms with Crippen LogP contribution >= 0.6 is 0 Å². The zero-order valence-electron chi connectivity index (χ0n) is 18.2. The van der Waals surface area contributed by atoms with Gasteiger partial charge in [0.05, 0.1) is 23.3 Å². The van der Waals surface area contributed by atoms with Gasteiger partial charge in [0.2, 0.25) is 0 Å². The van der Waals surface area contributed by atoms with Gasteiger partial charge in [0, 0.05) is 35.9 Å². The highest BCUT2D eigenvalue weighted by molar-refractivity contribution is 5.94. The second-order valence-corrected chi connectivity index (χ2v) is 7.98. The van der Waals surface area contributed by atoms with E-state index in [1.165, 1.54) is 0 Å². The molecule has 1 fully saturated rings. The van der Waals surface area contributed by atoms with E-state index in [4.69, 9.17) is 10.00 Å². The first-order valence-electron chi connectivity index (χ1n) is 10.9. The second kappa shape index (κ2) is 10.3. The van der Waals surface area contributed by atoms with Crippen LogP contribution in [0.2, 0.25) is 0 Å². The Morgan fingerprint density at radius 3 is 2.45 bits per heavy atom. The van der Waals surface area contributed by atoms with Gasteiger partial charge in [-0.15, -0.1) is 0 Å². The maximum absolute atomic E-state index is 12.8. The number of hydrogen-bond acceptors (Lipinski definition) is 5. The fourth-order valence-electron chi connectivity index (χ4n) is 3.94. The molecule has 0 aliphatic carbocycles. The summed E-state index contributed by atoms with van der Waals surface area (Å²) in [7, 11) is 0. The molecular formula is C27H24N4O2. The van der Waals surface area contributed by atoms with Crippen LogP contribution in [0.1, 0.15) is 39.9 Å². The van der Waals surface area contributed by atoms with Crippen LogP contribution in [0.15, 0.2) is 72.8 Å². The molecule has 3 aromatic carbocycles. The van der Waals surface area contributed by atoms with Crippen LogP contribution in [0.3, 0.4) is 0 Å². The van der Waals surface area contributed by atoms with E-state index in [-0.39, 0.29) is 18.6 Å². The number of benzene rings is 3. The molecular weight excluding hydrogens is 412 g/mol. The average Bonchev–Trinajstić information content (AvgIpc) is 2.88. The molecule has 33 heavy (non-hydrogen) atoms. The average molecular weight is 437 g/mol. The topological polar surface area (TPSA) is 89.2 Å². The van der Waals surface area contributed by atoms with Crippen molar-refractivity contribution in [1.82, 2.24) is 5.32 Å². The summed E-state index contributed by atoms with van der Waals surface area (Å²) in [5.41, 5.74) is 3.70. The normalized spacial score (nSPS) is 13.6. The lowest BCUT2D eigenvalue weighted by atomic mass is 10.0. The summed E-state index contributed by atoms with van der Waals surface area (Å²) in [6, 6.07) is 26.4. The van der Waals surface area contributed by atoms with Gasteiger partial charge in [0.1, 0.15) is 12.4 Å². The van der Waals surface area contributed by atoms with Crippen LogP contribution in [0.25, 0.3) is 0 Å². The van der Waals surface area contributed by atoms with Gasteiger partial charge >= 0.3 is 0 Å². The Morgan fingerprint density at radius 1 is 0.970 bits per heavy atom. The summed E-state index contributed by atoms with van der Waals surface area (Å²) in [4.78, 5) is 15.1. The zero-order valence-corrected chi connectivity index (χ0v) is 18.2. The maximum Gasteiger partial charge on any atom is 0.251 e. The van der Waals surface area contributed by atoms with Crippen molar-refractivity contribution in [1.29, 1.82) is 10.5 Å². The predicted molar refractivity (Wildman–Crippen MR) is 126 cm³/mol. The molecule has 3 aromatic rings. The van der Waals surface area contributed by atoms with E-state index in [9.17, 15) is 10.1 Å². The summed E-state index contributed by atoms with van der Waals surface area (Å²) in [6.07, 6.45) is 1.71. The largest absolute Gasteiger partial charge is 0.489 e. The standard InChI is InChI=1S/C27H24N4O2/c28-17-20-8-10-25(11-9-20)31-14-12-24(13-15-31)30-27(32)21-6-3-7-26(16-21)33-19-23-5-2-1-4-22(23)18-29/h1-11,16,24H,12-15,19H2,(H,30,32). The number of amides is 1. The Hall–Kier alpha value is -4.29. The number of nitrogens with zero attached hydrogens (tertiary/aromatic N) is 3. The Morgan fingerprint density at radius 2 is 1.73 bits per heavy atom. The monoisotopic (exact) mass is 436 g/mol. The van der Waals surface area contributed by atoms with Crippen molar-refractivity contribution in [2.75, 3.05) is 18.0 Å². The minimum Gasteiger partial charge on any atom is -0.489 e. The van der Waals surface area contributed by atoms with Gasteiger partial charge in [-0.3, -0.25) is 4.79 Å². The van der Waals surface area contributed by atoms with E-state index in [0.29, 0.717) is 22.4 Å². The smallest absolute Gasteiger partial charge is 0.251 e. The molecule has 0 aromatic heterocycles. The number of ether oxygens (including phenoxy) is 1. The highest BCUT2D eigenvalue weighted by atomic mass is 16.5. The van der Waals surface area contributed by atoms with E-state index >= 15 is 0 Å². The number of anilines is 1. The summed E-state index contributed by atoms with van der Waals surface area (Å²) < 4.78 is 5.84. The van der Waals surface area contributed by atoms with E-state index in [0.717, 1.165) is 37.2 Å². The number of carbonyl (C=O) groups excluding carboxylic acids is 1. The Kier molecular flexibility index (Phi) is 6.87. The molecule has 4 rings (SSSR count). The van der Waals surface area contributed by atoms with Gasteiger partial charge in [0.15, 0.2) is 0 Å². The zero-order chi connectivity index (χ0) is 23.0. The summed E-state index contributed by atoms with van der Waals surface area (Å²) >= 11 is 0. The van der Waals surface area contributed by atoms with Crippen molar-refractivity contribution >= 4 is 11.6 Å². The molecule has 164 valence electrons. The maximum atomic E-state index is 12.8. The molecule has 6 heteroatoms. The van der Waals surface area contributed by atoms with E-state index in [2.05, 4.69) is 22.4 Å². The fourth-order valence-corrected chi connectivity index (χ4v) is 3.94. The molecule has 0 bridgehead atoms. The molecule has 0 radical (unpaired) electrons. The number of carbonyl (C=O) groups is 1. The van der Waals surface area contributed by atoms with Crippen LogP contribution in [0.4, 0.5) is 5.69 Å².